The Bertz CT molecular complexity index is 665. The molecule has 0 bridgehead atoms. The fourth-order valence-electron chi connectivity index (χ4n) is 2.76. The van der Waals surface area contributed by atoms with Gasteiger partial charge < -0.3 is 10.6 Å². The normalized spacial score (nSPS) is 15.5. The summed E-state index contributed by atoms with van der Waals surface area (Å²) in [5.41, 5.74) is 1.82. The zero-order valence-electron chi connectivity index (χ0n) is 14.2. The van der Waals surface area contributed by atoms with Crippen LogP contribution >= 0.6 is 35.3 Å². The number of nitrogens with one attached hydrogen (secondary N) is 2. The molecule has 1 aromatic carbocycles. The monoisotopic (exact) mass is 456 g/mol. The largest absolute Gasteiger partial charge is 0.356 e. The number of hydrogen-bond acceptors (Lipinski definition) is 3. The van der Waals surface area contributed by atoms with Gasteiger partial charge in [0.05, 0.1) is 6.54 Å². The standard InChI is InChI=1S/C18H24N4S.HI/c1-14-11-20-16(23-14)12-21-17(19-2)22-13-18(8-9-18)10-15-6-4-3-5-7-15;/h3-7,11H,8-10,12-13H2,1-2H3,(H2,19,21,22);1H. The molecule has 1 saturated carbocycles. The molecule has 0 spiro atoms. The predicted octanol–water partition coefficient (Wildman–Crippen LogP) is 3.76. The number of benzene rings is 1. The van der Waals surface area contributed by atoms with Crippen molar-refractivity contribution in [2.24, 2.45) is 10.4 Å². The number of aryl methyl sites for hydroxylation is 1. The van der Waals surface area contributed by atoms with Crippen LogP contribution in [-0.2, 0) is 13.0 Å². The van der Waals surface area contributed by atoms with Crippen molar-refractivity contribution in [3.05, 3.63) is 52.0 Å². The predicted molar refractivity (Wildman–Crippen MR) is 112 cm³/mol. The zero-order chi connectivity index (χ0) is 16.1. The van der Waals surface area contributed by atoms with Gasteiger partial charge in [0.15, 0.2) is 5.96 Å². The topological polar surface area (TPSA) is 49.3 Å². The average molecular weight is 456 g/mol. The summed E-state index contributed by atoms with van der Waals surface area (Å²) in [5.74, 6) is 0.859. The summed E-state index contributed by atoms with van der Waals surface area (Å²) in [5, 5.41) is 7.93. The van der Waals surface area contributed by atoms with E-state index in [-0.39, 0.29) is 24.0 Å². The molecular formula is C18H25IN4S. The molecule has 0 atom stereocenters. The van der Waals surface area contributed by atoms with E-state index in [1.54, 1.807) is 11.3 Å². The van der Waals surface area contributed by atoms with Crippen molar-refractivity contribution in [3.8, 4) is 0 Å². The summed E-state index contributed by atoms with van der Waals surface area (Å²) in [4.78, 5) is 9.93. The molecule has 1 aromatic heterocycles. The highest BCUT2D eigenvalue weighted by molar-refractivity contribution is 14.0. The van der Waals surface area contributed by atoms with Crippen LogP contribution in [0, 0.1) is 12.3 Å². The molecule has 0 amide bonds. The quantitative estimate of drug-likeness (QED) is 0.396. The third-order valence-corrected chi connectivity index (χ3v) is 5.22. The number of guanidine groups is 1. The fourth-order valence-corrected chi connectivity index (χ4v) is 3.48. The summed E-state index contributed by atoms with van der Waals surface area (Å²) in [6.07, 6.45) is 5.63. The smallest absolute Gasteiger partial charge is 0.191 e. The molecule has 2 N–H and O–H groups in total. The maximum absolute atomic E-state index is 4.37. The SMILES string of the molecule is CN=C(NCc1ncc(C)s1)NCC1(Cc2ccccc2)CC1.I. The molecule has 24 heavy (non-hydrogen) atoms. The van der Waals surface area contributed by atoms with Gasteiger partial charge >= 0.3 is 0 Å². The second-order valence-electron chi connectivity index (χ2n) is 6.31. The van der Waals surface area contributed by atoms with Gasteiger partial charge in [-0.1, -0.05) is 30.3 Å². The highest BCUT2D eigenvalue weighted by Crippen LogP contribution is 2.47. The highest BCUT2D eigenvalue weighted by Gasteiger charge is 2.42. The molecule has 0 radical (unpaired) electrons. The van der Waals surface area contributed by atoms with E-state index in [0.29, 0.717) is 5.41 Å². The van der Waals surface area contributed by atoms with E-state index in [2.05, 4.69) is 57.9 Å². The van der Waals surface area contributed by atoms with Crippen LogP contribution in [0.15, 0.2) is 41.5 Å². The third-order valence-electron chi connectivity index (χ3n) is 4.31. The number of aromatic nitrogens is 1. The molecule has 4 nitrogen and oxygen atoms in total. The first-order valence-corrected chi connectivity index (χ1v) is 8.91. The van der Waals surface area contributed by atoms with E-state index < -0.39 is 0 Å². The highest BCUT2D eigenvalue weighted by atomic mass is 127. The summed E-state index contributed by atoms with van der Waals surface area (Å²) in [7, 11) is 1.82. The molecule has 1 aliphatic rings. The van der Waals surface area contributed by atoms with Crippen molar-refractivity contribution in [2.75, 3.05) is 13.6 Å². The van der Waals surface area contributed by atoms with Gasteiger partial charge in [-0.3, -0.25) is 4.99 Å². The Morgan fingerprint density at radius 1 is 1.25 bits per heavy atom. The van der Waals surface area contributed by atoms with Gasteiger partial charge in [-0.2, -0.15) is 0 Å². The van der Waals surface area contributed by atoms with Gasteiger partial charge in [0.25, 0.3) is 0 Å². The first-order valence-electron chi connectivity index (χ1n) is 8.09. The van der Waals surface area contributed by atoms with Crippen molar-refractivity contribution >= 4 is 41.3 Å². The minimum Gasteiger partial charge on any atom is -0.356 e. The van der Waals surface area contributed by atoms with Gasteiger partial charge in [0.2, 0.25) is 0 Å². The van der Waals surface area contributed by atoms with Gasteiger partial charge in [0.1, 0.15) is 5.01 Å². The Hall–Kier alpha value is -1.15. The molecule has 3 rings (SSSR count). The second kappa shape index (κ2) is 8.80. The van der Waals surface area contributed by atoms with E-state index in [9.17, 15) is 0 Å². The second-order valence-corrected chi connectivity index (χ2v) is 7.63. The summed E-state index contributed by atoms with van der Waals surface area (Å²) in [6, 6.07) is 10.8. The maximum atomic E-state index is 4.37. The van der Waals surface area contributed by atoms with Crippen molar-refractivity contribution in [2.45, 2.75) is 32.7 Å². The van der Waals surface area contributed by atoms with E-state index >= 15 is 0 Å². The molecule has 0 unspecified atom stereocenters. The van der Waals surface area contributed by atoms with Gasteiger partial charge in [-0.15, -0.1) is 35.3 Å². The number of hydrogen-bond donors (Lipinski definition) is 2. The van der Waals surface area contributed by atoms with Crippen molar-refractivity contribution in [1.29, 1.82) is 0 Å². The first kappa shape index (κ1) is 19.2. The number of rotatable bonds is 6. The third kappa shape index (κ3) is 5.44. The lowest BCUT2D eigenvalue weighted by Crippen LogP contribution is -2.40. The zero-order valence-corrected chi connectivity index (χ0v) is 17.4. The molecule has 1 fully saturated rings. The summed E-state index contributed by atoms with van der Waals surface area (Å²) < 4.78 is 0. The summed E-state index contributed by atoms with van der Waals surface area (Å²) in [6.45, 7) is 3.77. The fraction of sp³-hybridized carbons (Fsp3) is 0.444. The Kier molecular flexibility index (Phi) is 7.03. The molecule has 0 saturated heterocycles. The lowest BCUT2D eigenvalue weighted by molar-refractivity contribution is 0.492. The number of halogens is 1. The van der Waals surface area contributed by atoms with Crippen LogP contribution in [0.25, 0.3) is 0 Å². The van der Waals surface area contributed by atoms with E-state index in [1.807, 2.05) is 13.2 Å². The Morgan fingerprint density at radius 2 is 2.00 bits per heavy atom. The van der Waals surface area contributed by atoms with Crippen LogP contribution in [0.3, 0.4) is 0 Å². The average Bonchev–Trinajstić information content (AvgIpc) is 3.20. The Morgan fingerprint density at radius 3 is 2.58 bits per heavy atom. The molecule has 1 aliphatic carbocycles. The van der Waals surface area contributed by atoms with Crippen molar-refractivity contribution in [3.63, 3.8) is 0 Å². The Balaban J connectivity index is 0.00000208. The van der Waals surface area contributed by atoms with Crippen LogP contribution < -0.4 is 10.6 Å². The van der Waals surface area contributed by atoms with Crippen LogP contribution in [-0.4, -0.2) is 24.5 Å². The minimum absolute atomic E-state index is 0. The van der Waals surface area contributed by atoms with E-state index in [1.165, 1.54) is 23.3 Å². The van der Waals surface area contributed by atoms with Crippen molar-refractivity contribution in [1.82, 2.24) is 15.6 Å². The lowest BCUT2D eigenvalue weighted by Gasteiger charge is -2.18. The van der Waals surface area contributed by atoms with E-state index in [0.717, 1.165) is 30.5 Å². The van der Waals surface area contributed by atoms with Crippen molar-refractivity contribution < 1.29 is 0 Å². The molecule has 6 heteroatoms. The molecule has 0 aliphatic heterocycles. The lowest BCUT2D eigenvalue weighted by atomic mass is 9.96. The first-order chi connectivity index (χ1) is 11.2. The van der Waals surface area contributed by atoms with Crippen LogP contribution in [0.1, 0.15) is 28.3 Å². The molecular weight excluding hydrogens is 431 g/mol. The van der Waals surface area contributed by atoms with Gasteiger partial charge in [0, 0.05) is 24.7 Å². The number of aliphatic imine (C=N–C) groups is 1. The molecule has 130 valence electrons. The number of nitrogens with zero attached hydrogens (tertiary/aromatic N) is 2. The molecule has 2 aromatic rings. The van der Waals surface area contributed by atoms with Crippen LogP contribution in [0.4, 0.5) is 0 Å². The van der Waals surface area contributed by atoms with Crippen LogP contribution in [0.5, 0.6) is 0 Å². The molecule has 1 heterocycles. The minimum atomic E-state index is 0. The van der Waals surface area contributed by atoms with E-state index in [4.69, 9.17) is 0 Å². The summed E-state index contributed by atoms with van der Waals surface area (Å²) >= 11 is 1.72. The van der Waals surface area contributed by atoms with Gasteiger partial charge in [-0.05, 0) is 37.2 Å². The van der Waals surface area contributed by atoms with Gasteiger partial charge in [-0.25, -0.2) is 4.98 Å². The maximum Gasteiger partial charge on any atom is 0.191 e. The number of thiazole rings is 1. The Labute approximate surface area is 165 Å². The van der Waals surface area contributed by atoms with Crippen LogP contribution in [0.2, 0.25) is 0 Å².